The van der Waals surface area contributed by atoms with Gasteiger partial charge < -0.3 is 20.3 Å². The highest BCUT2D eigenvalue weighted by Crippen LogP contribution is 2.44. The van der Waals surface area contributed by atoms with Crippen molar-refractivity contribution in [2.24, 2.45) is 0 Å². The molecule has 0 aliphatic heterocycles. The van der Waals surface area contributed by atoms with Crippen molar-refractivity contribution in [3.05, 3.63) is 88.5 Å². The Morgan fingerprint density at radius 1 is 1.12 bits per heavy atom. The van der Waals surface area contributed by atoms with Crippen LogP contribution in [-0.2, 0) is 4.74 Å². The molecule has 2 aromatic carbocycles. The monoisotopic (exact) mass is 456 g/mol. The normalized spacial score (nSPS) is 14.4. The molecule has 1 aliphatic rings. The van der Waals surface area contributed by atoms with Gasteiger partial charge in [0, 0.05) is 24.2 Å². The molecule has 166 valence electrons. The number of rotatable bonds is 7. The maximum Gasteiger partial charge on any atom is 0.407 e. The summed E-state index contributed by atoms with van der Waals surface area (Å²) in [5, 5.41) is 23.0. The lowest BCUT2D eigenvalue weighted by Crippen LogP contribution is -2.31. The molecule has 0 bridgehead atoms. The van der Waals surface area contributed by atoms with Gasteiger partial charge in [-0.1, -0.05) is 60.1 Å². The quantitative estimate of drug-likeness (QED) is 0.463. The van der Waals surface area contributed by atoms with Crippen LogP contribution in [0.2, 0.25) is 5.02 Å². The highest BCUT2D eigenvalue weighted by Gasteiger charge is 2.29. The summed E-state index contributed by atoms with van der Waals surface area (Å²) >= 11 is 5.77. The summed E-state index contributed by atoms with van der Waals surface area (Å²) < 4.78 is 19.2. The summed E-state index contributed by atoms with van der Waals surface area (Å²) in [5.41, 5.74) is 4.29. The molecule has 4 rings (SSSR count). The zero-order valence-corrected chi connectivity index (χ0v) is 17.8. The van der Waals surface area contributed by atoms with Crippen molar-refractivity contribution in [3.63, 3.8) is 0 Å². The summed E-state index contributed by atoms with van der Waals surface area (Å²) in [6.45, 7) is 0.203. The average Bonchev–Trinajstić information content (AvgIpc) is 3.12. The van der Waals surface area contributed by atoms with Crippen molar-refractivity contribution in [2.75, 3.05) is 13.2 Å². The van der Waals surface area contributed by atoms with E-state index < -0.39 is 24.2 Å². The fourth-order valence-corrected chi connectivity index (χ4v) is 4.15. The Morgan fingerprint density at radius 3 is 2.41 bits per heavy atom. The van der Waals surface area contributed by atoms with Crippen molar-refractivity contribution in [1.29, 1.82) is 0 Å². The number of carbonyl (C=O) groups excluding carboxylic acids is 1. The number of carbonyl (C=O) groups is 1. The van der Waals surface area contributed by atoms with Gasteiger partial charge in [0.1, 0.15) is 12.7 Å². The second kappa shape index (κ2) is 9.65. The van der Waals surface area contributed by atoms with Crippen LogP contribution in [0, 0.1) is 5.95 Å². The van der Waals surface area contributed by atoms with Gasteiger partial charge in [0.15, 0.2) is 0 Å². The lowest BCUT2D eigenvalue weighted by molar-refractivity contribution is 0.0112. The largest absolute Gasteiger partial charge is 0.449 e. The van der Waals surface area contributed by atoms with Crippen LogP contribution in [-0.4, -0.2) is 40.5 Å². The number of nitrogens with one attached hydrogen (secondary N) is 1. The van der Waals surface area contributed by atoms with Gasteiger partial charge in [0.05, 0.1) is 11.1 Å². The summed E-state index contributed by atoms with van der Waals surface area (Å²) in [6.07, 6.45) is -2.39. The number of alkyl carbamates (subject to hydrolysis) is 1. The van der Waals surface area contributed by atoms with E-state index >= 15 is 0 Å². The first-order chi connectivity index (χ1) is 15.5. The lowest BCUT2D eigenvalue weighted by atomic mass is 9.98. The highest BCUT2D eigenvalue weighted by molar-refractivity contribution is 6.30. The molecule has 8 heteroatoms. The van der Waals surface area contributed by atoms with Crippen molar-refractivity contribution in [1.82, 2.24) is 10.3 Å². The Labute approximate surface area is 189 Å². The Balaban J connectivity index is 1.29. The fourth-order valence-electron chi connectivity index (χ4n) is 3.98. The number of benzene rings is 2. The number of pyridine rings is 1. The molecule has 1 aromatic heterocycles. The summed E-state index contributed by atoms with van der Waals surface area (Å²) in [4.78, 5) is 15.6. The third-order valence-corrected chi connectivity index (χ3v) is 5.78. The van der Waals surface area contributed by atoms with Crippen molar-refractivity contribution in [3.8, 4) is 11.1 Å². The molecule has 1 heterocycles. The molecule has 0 saturated heterocycles. The molecule has 6 nitrogen and oxygen atoms in total. The molecule has 1 aliphatic carbocycles. The number of ether oxygens (including phenoxy) is 1. The van der Waals surface area contributed by atoms with Gasteiger partial charge in [0.25, 0.3) is 0 Å². The number of aliphatic hydroxyl groups is 2. The first-order valence-corrected chi connectivity index (χ1v) is 10.6. The summed E-state index contributed by atoms with van der Waals surface area (Å²) in [5.74, 6) is -0.968. The van der Waals surface area contributed by atoms with Crippen LogP contribution in [0.4, 0.5) is 9.18 Å². The Hall–Kier alpha value is -3.00. The van der Waals surface area contributed by atoms with Crippen LogP contribution >= 0.6 is 11.6 Å². The first-order valence-electron chi connectivity index (χ1n) is 10.2. The van der Waals surface area contributed by atoms with E-state index in [9.17, 15) is 19.4 Å². The third-order valence-electron chi connectivity index (χ3n) is 5.57. The molecule has 0 fully saturated rings. The minimum absolute atomic E-state index is 0.0166. The van der Waals surface area contributed by atoms with Crippen molar-refractivity contribution < 1.29 is 24.1 Å². The number of nitrogens with zero attached hydrogens (tertiary/aromatic N) is 1. The van der Waals surface area contributed by atoms with Crippen LogP contribution in [0.3, 0.4) is 0 Å². The van der Waals surface area contributed by atoms with E-state index in [1.54, 1.807) is 0 Å². The molecule has 2 unspecified atom stereocenters. The van der Waals surface area contributed by atoms with Gasteiger partial charge in [-0.25, -0.2) is 9.78 Å². The minimum atomic E-state index is -1.52. The van der Waals surface area contributed by atoms with Gasteiger partial charge in [-0.3, -0.25) is 0 Å². The van der Waals surface area contributed by atoms with Crippen molar-refractivity contribution in [2.45, 2.75) is 24.5 Å². The number of amides is 1. The van der Waals surface area contributed by atoms with Crippen LogP contribution in [0.15, 0.2) is 60.8 Å². The second-order valence-corrected chi connectivity index (χ2v) is 8.02. The summed E-state index contributed by atoms with van der Waals surface area (Å²) in [7, 11) is 0. The van der Waals surface area contributed by atoms with E-state index in [1.807, 2.05) is 36.4 Å². The zero-order chi connectivity index (χ0) is 22.7. The molecule has 2 atom stereocenters. The Bertz CT molecular complexity index is 1080. The average molecular weight is 457 g/mol. The van der Waals surface area contributed by atoms with E-state index in [2.05, 4.69) is 22.4 Å². The molecule has 1 amide bonds. The molecule has 3 aromatic rings. The smallest absolute Gasteiger partial charge is 0.407 e. The highest BCUT2D eigenvalue weighted by atomic mass is 35.5. The Kier molecular flexibility index (Phi) is 6.69. The van der Waals surface area contributed by atoms with E-state index in [0.29, 0.717) is 0 Å². The summed E-state index contributed by atoms with van der Waals surface area (Å²) in [6, 6.07) is 17.3. The maximum atomic E-state index is 13.8. The molecule has 0 radical (unpaired) electrons. The molecule has 3 N–H and O–H groups in total. The number of halogens is 2. The van der Waals surface area contributed by atoms with Crippen molar-refractivity contribution >= 4 is 17.7 Å². The van der Waals surface area contributed by atoms with Gasteiger partial charge in [-0.2, -0.15) is 4.39 Å². The predicted molar refractivity (Wildman–Crippen MR) is 118 cm³/mol. The van der Waals surface area contributed by atoms with Gasteiger partial charge in [0.2, 0.25) is 5.95 Å². The number of hydrogen-bond donors (Lipinski definition) is 3. The first kappa shape index (κ1) is 22.2. The lowest BCUT2D eigenvalue weighted by Gasteiger charge is -2.19. The Morgan fingerprint density at radius 2 is 1.75 bits per heavy atom. The van der Waals surface area contributed by atoms with Crippen LogP contribution < -0.4 is 5.32 Å². The molecule has 0 saturated carbocycles. The van der Waals surface area contributed by atoms with Crippen LogP contribution in [0.25, 0.3) is 11.1 Å². The maximum absolute atomic E-state index is 13.8. The fraction of sp³-hybridized carbons (Fsp3) is 0.250. The molecule has 0 spiro atoms. The number of aliphatic hydroxyl groups excluding tert-OH is 2. The third kappa shape index (κ3) is 4.60. The van der Waals surface area contributed by atoms with Crippen LogP contribution in [0.5, 0.6) is 0 Å². The minimum Gasteiger partial charge on any atom is -0.449 e. The second-order valence-electron chi connectivity index (χ2n) is 7.59. The van der Waals surface area contributed by atoms with Gasteiger partial charge in [-0.05, 0) is 34.7 Å². The van der Waals surface area contributed by atoms with Gasteiger partial charge >= 0.3 is 6.09 Å². The van der Waals surface area contributed by atoms with Crippen LogP contribution in [0.1, 0.15) is 35.1 Å². The van der Waals surface area contributed by atoms with E-state index in [-0.39, 0.29) is 36.1 Å². The number of hydrogen-bond acceptors (Lipinski definition) is 5. The standard InChI is InChI=1S/C24H22ClFN2O4/c25-14-11-19(23(26)28-12-14)22(30)21(29)9-10-27-24(31)32-13-20-17-7-3-1-5-15(17)16-6-2-4-8-18(16)20/h1-8,11-12,20-22,29-30H,9-10,13H2,(H,27,31). The SMILES string of the molecule is O=C(NCCC(O)C(O)c1cc(Cl)cnc1F)OCC1c2ccccc2-c2ccccc21. The zero-order valence-electron chi connectivity index (χ0n) is 17.0. The van der Waals surface area contributed by atoms with Gasteiger partial charge in [-0.15, -0.1) is 0 Å². The number of fused-ring (bicyclic) bond motifs is 3. The van der Waals surface area contributed by atoms with E-state index in [4.69, 9.17) is 16.3 Å². The topological polar surface area (TPSA) is 91.7 Å². The number of aromatic nitrogens is 1. The predicted octanol–water partition coefficient (Wildman–Crippen LogP) is 4.20. The van der Waals surface area contributed by atoms with E-state index in [1.165, 1.54) is 6.07 Å². The molecule has 32 heavy (non-hydrogen) atoms. The molecular weight excluding hydrogens is 435 g/mol. The van der Waals surface area contributed by atoms with E-state index in [0.717, 1.165) is 28.5 Å². The molecular formula is C24H22ClFN2O4.